The summed E-state index contributed by atoms with van der Waals surface area (Å²) in [6.07, 6.45) is 1.14. The van der Waals surface area contributed by atoms with Crippen molar-refractivity contribution < 1.29 is 9.18 Å². The summed E-state index contributed by atoms with van der Waals surface area (Å²) in [4.78, 5) is 12.1. The van der Waals surface area contributed by atoms with E-state index in [9.17, 15) is 9.18 Å². The van der Waals surface area contributed by atoms with Crippen molar-refractivity contribution in [2.75, 3.05) is 0 Å². The summed E-state index contributed by atoms with van der Waals surface area (Å²) >= 11 is 11.7. The number of carbonyl (C=O) groups is 1. The molecule has 0 saturated heterocycles. The topological polar surface area (TPSA) is 70.1 Å². The predicted molar refractivity (Wildman–Crippen MR) is 95.5 cm³/mol. The maximum Gasteiger partial charge on any atom is 0.289 e. The van der Waals surface area contributed by atoms with E-state index in [1.54, 1.807) is 30.3 Å². The third-order valence-corrected chi connectivity index (χ3v) is 3.90. The summed E-state index contributed by atoms with van der Waals surface area (Å²) in [6, 6.07) is 12.9. The lowest BCUT2D eigenvalue weighted by molar-refractivity contribution is 0.0950. The molecule has 0 fully saturated rings. The minimum Gasteiger partial charge on any atom is -0.272 e. The van der Waals surface area contributed by atoms with Crippen LogP contribution in [0.3, 0.4) is 0 Å². The van der Waals surface area contributed by atoms with Gasteiger partial charge in [0, 0.05) is 16.1 Å². The molecule has 0 saturated carbocycles. The molecule has 0 bridgehead atoms. The van der Waals surface area contributed by atoms with Crippen molar-refractivity contribution >= 4 is 35.3 Å². The quantitative estimate of drug-likeness (QED) is 0.526. The molecule has 126 valence electrons. The van der Waals surface area contributed by atoms with Gasteiger partial charge in [0.1, 0.15) is 11.5 Å². The van der Waals surface area contributed by atoms with Crippen LogP contribution < -0.4 is 5.43 Å². The maximum atomic E-state index is 13.6. The van der Waals surface area contributed by atoms with Gasteiger partial charge in [-0.05, 0) is 30.3 Å². The number of halogens is 3. The van der Waals surface area contributed by atoms with Gasteiger partial charge >= 0.3 is 0 Å². The fraction of sp³-hybridized carbons (Fsp3) is 0. The van der Waals surface area contributed by atoms with Crippen molar-refractivity contribution in [1.29, 1.82) is 0 Å². The maximum absolute atomic E-state index is 13.6. The fourth-order valence-corrected chi connectivity index (χ4v) is 2.39. The number of nitrogens with zero attached hydrogens (tertiary/aromatic N) is 2. The Kier molecular flexibility index (Phi) is 5.11. The van der Waals surface area contributed by atoms with Crippen molar-refractivity contribution in [3.63, 3.8) is 0 Å². The second-order valence-electron chi connectivity index (χ2n) is 5.01. The predicted octanol–water partition coefficient (Wildman–Crippen LogP) is 4.29. The van der Waals surface area contributed by atoms with Crippen LogP contribution in [-0.4, -0.2) is 22.3 Å². The number of carbonyl (C=O) groups excluding carboxylic acids is 1. The normalized spacial score (nSPS) is 11.0. The van der Waals surface area contributed by atoms with Crippen molar-refractivity contribution in [1.82, 2.24) is 15.6 Å². The molecular formula is C17H11Cl2FN4O. The van der Waals surface area contributed by atoms with Gasteiger partial charge in [-0.15, -0.1) is 0 Å². The SMILES string of the molecule is O=C(N/N=C\c1c(F)cccc1Cl)c1cc(-c2ccc(Cl)cc2)n[nH]1. The van der Waals surface area contributed by atoms with Crippen LogP contribution in [0.25, 0.3) is 11.3 Å². The number of nitrogens with one attached hydrogen (secondary N) is 2. The molecular weight excluding hydrogens is 366 g/mol. The van der Waals surface area contributed by atoms with Crippen LogP contribution in [0.5, 0.6) is 0 Å². The summed E-state index contributed by atoms with van der Waals surface area (Å²) in [5, 5.41) is 11.2. The fourth-order valence-electron chi connectivity index (χ4n) is 2.06. The number of amides is 1. The number of rotatable bonds is 4. The molecule has 3 rings (SSSR count). The molecule has 1 aromatic heterocycles. The average molecular weight is 377 g/mol. The molecule has 0 aliphatic heterocycles. The first-order valence-electron chi connectivity index (χ1n) is 7.13. The molecule has 5 nitrogen and oxygen atoms in total. The first kappa shape index (κ1) is 17.1. The highest BCUT2D eigenvalue weighted by molar-refractivity contribution is 6.33. The molecule has 2 N–H and O–H groups in total. The van der Waals surface area contributed by atoms with Gasteiger partial charge in [-0.1, -0.05) is 41.4 Å². The molecule has 25 heavy (non-hydrogen) atoms. The van der Waals surface area contributed by atoms with Crippen molar-refractivity contribution in [2.24, 2.45) is 5.10 Å². The van der Waals surface area contributed by atoms with Crippen molar-refractivity contribution in [2.45, 2.75) is 0 Å². The second-order valence-corrected chi connectivity index (χ2v) is 5.85. The lowest BCUT2D eigenvalue weighted by atomic mass is 10.1. The summed E-state index contributed by atoms with van der Waals surface area (Å²) in [6.45, 7) is 0. The van der Waals surface area contributed by atoms with Gasteiger partial charge in [0.25, 0.3) is 5.91 Å². The first-order valence-corrected chi connectivity index (χ1v) is 7.89. The molecule has 0 aliphatic rings. The summed E-state index contributed by atoms with van der Waals surface area (Å²) in [7, 11) is 0. The minimum atomic E-state index is -0.530. The van der Waals surface area contributed by atoms with E-state index in [1.165, 1.54) is 18.2 Å². The van der Waals surface area contributed by atoms with Crippen molar-refractivity contribution in [3.05, 3.63) is 75.7 Å². The van der Waals surface area contributed by atoms with Crippen LogP contribution in [0.2, 0.25) is 10.0 Å². The molecule has 1 heterocycles. The molecule has 2 aromatic carbocycles. The molecule has 0 radical (unpaired) electrons. The van der Waals surface area contributed by atoms with Crippen molar-refractivity contribution in [3.8, 4) is 11.3 Å². The lowest BCUT2D eigenvalue weighted by Crippen LogP contribution is -2.18. The first-order chi connectivity index (χ1) is 12.0. The van der Waals surface area contributed by atoms with E-state index >= 15 is 0 Å². The lowest BCUT2D eigenvalue weighted by Gasteiger charge is -1.99. The minimum absolute atomic E-state index is 0.0935. The third kappa shape index (κ3) is 4.04. The average Bonchev–Trinajstić information content (AvgIpc) is 3.08. The van der Waals surface area contributed by atoms with Gasteiger partial charge < -0.3 is 0 Å². The summed E-state index contributed by atoms with van der Waals surface area (Å²) < 4.78 is 13.6. The third-order valence-electron chi connectivity index (χ3n) is 3.32. The van der Waals surface area contributed by atoms with Gasteiger partial charge in [0.15, 0.2) is 0 Å². The Morgan fingerprint density at radius 3 is 2.68 bits per heavy atom. The summed E-state index contributed by atoms with van der Waals surface area (Å²) in [5.74, 6) is -1.05. The Hall–Kier alpha value is -2.70. The number of benzene rings is 2. The highest BCUT2D eigenvalue weighted by Gasteiger charge is 2.11. The van der Waals surface area contributed by atoms with E-state index in [-0.39, 0.29) is 16.3 Å². The molecule has 8 heteroatoms. The van der Waals surface area contributed by atoms with E-state index in [4.69, 9.17) is 23.2 Å². The second kappa shape index (κ2) is 7.46. The molecule has 0 unspecified atom stereocenters. The zero-order valence-electron chi connectivity index (χ0n) is 12.6. The van der Waals surface area contributed by atoms with Crippen LogP contribution in [0.15, 0.2) is 53.6 Å². The number of hydrogen-bond donors (Lipinski definition) is 2. The molecule has 0 aliphatic carbocycles. The highest BCUT2D eigenvalue weighted by atomic mass is 35.5. The van der Waals surface area contributed by atoms with E-state index < -0.39 is 11.7 Å². The van der Waals surface area contributed by atoms with Gasteiger partial charge in [0.2, 0.25) is 0 Å². The van der Waals surface area contributed by atoms with E-state index in [1.807, 2.05) is 0 Å². The molecule has 0 atom stereocenters. The zero-order chi connectivity index (χ0) is 17.8. The monoisotopic (exact) mass is 376 g/mol. The van der Waals surface area contributed by atoms with Crippen LogP contribution in [0, 0.1) is 5.82 Å². The van der Waals surface area contributed by atoms with E-state index in [0.29, 0.717) is 10.7 Å². The smallest absolute Gasteiger partial charge is 0.272 e. The number of hydrazone groups is 1. The Morgan fingerprint density at radius 1 is 1.20 bits per heavy atom. The Morgan fingerprint density at radius 2 is 1.96 bits per heavy atom. The van der Waals surface area contributed by atoms with Gasteiger partial charge in [-0.2, -0.15) is 10.2 Å². The molecule has 3 aromatic rings. The zero-order valence-corrected chi connectivity index (χ0v) is 14.1. The number of H-pyrrole nitrogens is 1. The van der Waals surface area contributed by atoms with Crippen LogP contribution in [-0.2, 0) is 0 Å². The largest absolute Gasteiger partial charge is 0.289 e. The molecule has 1 amide bonds. The number of aromatic nitrogens is 2. The van der Waals surface area contributed by atoms with Crippen LogP contribution in [0.1, 0.15) is 16.1 Å². The van der Waals surface area contributed by atoms with Crippen LogP contribution in [0.4, 0.5) is 4.39 Å². The standard InChI is InChI=1S/C17H11Cl2FN4O/c18-11-6-4-10(5-7-11)15-8-16(23-22-15)17(25)24-21-9-12-13(19)2-1-3-14(12)20/h1-9H,(H,22,23)(H,24,25)/b21-9-. The summed E-state index contributed by atoms with van der Waals surface area (Å²) in [5.41, 5.74) is 3.98. The highest BCUT2D eigenvalue weighted by Crippen LogP contribution is 2.20. The van der Waals surface area contributed by atoms with Gasteiger partial charge in [0.05, 0.1) is 16.9 Å². The van der Waals surface area contributed by atoms with Crippen LogP contribution >= 0.6 is 23.2 Å². The number of hydrogen-bond acceptors (Lipinski definition) is 3. The van der Waals surface area contributed by atoms with Gasteiger partial charge in [-0.3, -0.25) is 9.89 Å². The Labute approximate surface area is 152 Å². The molecule has 0 spiro atoms. The van der Waals surface area contributed by atoms with E-state index in [0.717, 1.165) is 11.8 Å². The Bertz CT molecular complexity index is 918. The van der Waals surface area contributed by atoms with E-state index in [2.05, 4.69) is 20.7 Å². The number of aromatic amines is 1. The van der Waals surface area contributed by atoms with Gasteiger partial charge in [-0.25, -0.2) is 9.82 Å². The Balaban J connectivity index is 1.70.